The highest BCUT2D eigenvalue weighted by Crippen LogP contribution is 2.26. The minimum atomic E-state index is -1.29. The van der Waals surface area contributed by atoms with Crippen LogP contribution in [0.25, 0.3) is 0 Å². The number of esters is 2. The minimum absolute atomic E-state index is 0.0935. The molecule has 1 rings (SSSR count). The number of phenolic OH excluding ortho intramolecular Hbond substituents is 2. The molecule has 5 N–H and O–H groups in total. The Kier molecular flexibility index (Phi) is 5.51. The first kappa shape index (κ1) is 16.7. The van der Waals surface area contributed by atoms with Gasteiger partial charge in [0.1, 0.15) is 5.54 Å². The standard InChI is InChI=1S/C13H18N2O6/c1-8(16)20-7-21-12(19)13(2,15-14)6-9-3-4-10(17)11(18)5-9/h3-5,15,17-18H,6-7,14H2,1-2H3. The fourth-order valence-electron chi connectivity index (χ4n) is 1.59. The number of carbonyl (C=O) groups is 2. The summed E-state index contributed by atoms with van der Waals surface area (Å²) >= 11 is 0. The first-order chi connectivity index (χ1) is 9.78. The van der Waals surface area contributed by atoms with Crippen molar-refractivity contribution in [3.63, 3.8) is 0 Å². The second kappa shape index (κ2) is 6.91. The summed E-state index contributed by atoms with van der Waals surface area (Å²) in [4.78, 5) is 22.6. The van der Waals surface area contributed by atoms with E-state index in [4.69, 9.17) is 10.6 Å². The molecule has 1 aromatic carbocycles. The smallest absolute Gasteiger partial charge is 0.330 e. The molecule has 0 aliphatic carbocycles. The van der Waals surface area contributed by atoms with Gasteiger partial charge in [0.25, 0.3) is 0 Å². The molecule has 0 saturated heterocycles. The molecule has 0 radical (unpaired) electrons. The minimum Gasteiger partial charge on any atom is -0.504 e. The fourth-order valence-corrected chi connectivity index (χ4v) is 1.59. The normalized spacial score (nSPS) is 13.3. The van der Waals surface area contributed by atoms with Gasteiger partial charge in [-0.2, -0.15) is 0 Å². The van der Waals surface area contributed by atoms with Gasteiger partial charge in [0.05, 0.1) is 0 Å². The van der Waals surface area contributed by atoms with E-state index < -0.39 is 24.3 Å². The van der Waals surface area contributed by atoms with Crippen molar-refractivity contribution in [1.29, 1.82) is 0 Å². The van der Waals surface area contributed by atoms with Crippen LogP contribution in [-0.4, -0.2) is 34.5 Å². The number of nitrogens with two attached hydrogens (primary N) is 1. The van der Waals surface area contributed by atoms with E-state index in [2.05, 4.69) is 10.2 Å². The Morgan fingerprint density at radius 3 is 2.48 bits per heavy atom. The number of phenols is 2. The van der Waals surface area contributed by atoms with Crippen LogP contribution in [0.5, 0.6) is 11.5 Å². The van der Waals surface area contributed by atoms with E-state index >= 15 is 0 Å². The lowest BCUT2D eigenvalue weighted by molar-refractivity contribution is -0.170. The second-order valence-corrected chi connectivity index (χ2v) is 4.66. The Morgan fingerprint density at radius 1 is 1.29 bits per heavy atom. The molecule has 0 aliphatic heterocycles. The van der Waals surface area contributed by atoms with Crippen molar-refractivity contribution in [2.45, 2.75) is 25.8 Å². The zero-order chi connectivity index (χ0) is 16.0. The average Bonchev–Trinajstić information content (AvgIpc) is 2.42. The highest BCUT2D eigenvalue weighted by Gasteiger charge is 2.34. The zero-order valence-corrected chi connectivity index (χ0v) is 11.8. The van der Waals surface area contributed by atoms with Crippen molar-refractivity contribution in [3.8, 4) is 11.5 Å². The SMILES string of the molecule is CC(=O)OCOC(=O)C(C)(Cc1ccc(O)c(O)c1)NN. The van der Waals surface area contributed by atoms with Gasteiger partial charge < -0.3 is 19.7 Å². The lowest BCUT2D eigenvalue weighted by atomic mass is 9.93. The summed E-state index contributed by atoms with van der Waals surface area (Å²) in [7, 11) is 0. The first-order valence-corrected chi connectivity index (χ1v) is 6.07. The molecule has 1 atom stereocenters. The number of hydrogen-bond donors (Lipinski definition) is 4. The van der Waals surface area contributed by atoms with Gasteiger partial charge in [0, 0.05) is 13.3 Å². The molecular weight excluding hydrogens is 280 g/mol. The number of rotatable bonds is 6. The third kappa shape index (κ3) is 4.62. The fraction of sp³-hybridized carbons (Fsp3) is 0.385. The van der Waals surface area contributed by atoms with Gasteiger partial charge >= 0.3 is 11.9 Å². The molecule has 0 spiro atoms. The third-order valence-corrected chi connectivity index (χ3v) is 2.82. The van der Waals surface area contributed by atoms with Crippen LogP contribution in [0.1, 0.15) is 19.4 Å². The largest absolute Gasteiger partial charge is 0.504 e. The van der Waals surface area contributed by atoms with Crippen molar-refractivity contribution in [1.82, 2.24) is 5.43 Å². The maximum atomic E-state index is 12.0. The number of hydrazine groups is 1. The van der Waals surface area contributed by atoms with Crippen LogP contribution < -0.4 is 11.3 Å². The van der Waals surface area contributed by atoms with Gasteiger partial charge in [-0.15, -0.1) is 0 Å². The van der Waals surface area contributed by atoms with E-state index in [0.29, 0.717) is 5.56 Å². The van der Waals surface area contributed by atoms with Crippen LogP contribution in [0.4, 0.5) is 0 Å². The molecule has 0 aromatic heterocycles. The highest BCUT2D eigenvalue weighted by atomic mass is 16.7. The van der Waals surface area contributed by atoms with Crippen molar-refractivity contribution < 1.29 is 29.3 Å². The van der Waals surface area contributed by atoms with E-state index in [1.54, 1.807) is 0 Å². The topological polar surface area (TPSA) is 131 Å². The van der Waals surface area contributed by atoms with Gasteiger partial charge in [-0.1, -0.05) is 6.07 Å². The molecule has 0 heterocycles. The van der Waals surface area contributed by atoms with Crippen molar-refractivity contribution >= 4 is 11.9 Å². The number of nitrogens with one attached hydrogen (secondary N) is 1. The predicted octanol–water partition coefficient (Wildman–Crippen LogP) is -0.0739. The Morgan fingerprint density at radius 2 is 1.95 bits per heavy atom. The maximum Gasteiger partial charge on any atom is 0.330 e. The summed E-state index contributed by atoms with van der Waals surface area (Å²) in [5.41, 5.74) is 1.60. The second-order valence-electron chi connectivity index (χ2n) is 4.66. The Hall–Kier alpha value is -2.32. The molecule has 1 aromatic rings. The molecule has 0 aliphatic rings. The summed E-state index contributed by atoms with van der Waals surface area (Å²) in [5, 5.41) is 18.7. The van der Waals surface area contributed by atoms with Crippen LogP contribution in [0, 0.1) is 0 Å². The van der Waals surface area contributed by atoms with Crippen molar-refractivity contribution in [2.75, 3.05) is 6.79 Å². The number of aromatic hydroxyl groups is 2. The van der Waals surface area contributed by atoms with Crippen LogP contribution in [0.2, 0.25) is 0 Å². The van der Waals surface area contributed by atoms with Crippen LogP contribution in [0.15, 0.2) is 18.2 Å². The molecule has 8 heteroatoms. The summed E-state index contributed by atoms with van der Waals surface area (Å²) in [5.74, 6) is 3.52. The van der Waals surface area contributed by atoms with Crippen molar-refractivity contribution in [3.05, 3.63) is 23.8 Å². The molecular formula is C13H18N2O6. The molecule has 1 unspecified atom stereocenters. The number of ether oxygens (including phenoxy) is 2. The molecule has 21 heavy (non-hydrogen) atoms. The Labute approximate surface area is 121 Å². The molecule has 0 fully saturated rings. The quantitative estimate of drug-likeness (QED) is 0.189. The lowest BCUT2D eigenvalue weighted by Gasteiger charge is -2.26. The van der Waals surface area contributed by atoms with Gasteiger partial charge in [-0.05, 0) is 24.6 Å². The van der Waals surface area contributed by atoms with E-state index in [1.807, 2.05) is 0 Å². The molecule has 0 amide bonds. The summed E-state index contributed by atoms with van der Waals surface area (Å²) in [6, 6.07) is 4.14. The summed E-state index contributed by atoms with van der Waals surface area (Å²) in [6.07, 6.45) is 0.0935. The van der Waals surface area contributed by atoms with Gasteiger partial charge in [-0.3, -0.25) is 10.6 Å². The number of hydrogen-bond acceptors (Lipinski definition) is 8. The van der Waals surface area contributed by atoms with E-state index in [1.165, 1.54) is 32.0 Å². The van der Waals surface area contributed by atoms with Crippen LogP contribution >= 0.6 is 0 Å². The molecule has 0 saturated carbocycles. The van der Waals surface area contributed by atoms with Gasteiger partial charge in [0.15, 0.2) is 11.5 Å². The van der Waals surface area contributed by atoms with Gasteiger partial charge in [0.2, 0.25) is 6.79 Å². The van der Waals surface area contributed by atoms with Gasteiger partial charge in [-0.25, -0.2) is 10.2 Å². The maximum absolute atomic E-state index is 12.0. The van der Waals surface area contributed by atoms with E-state index in [-0.39, 0.29) is 17.9 Å². The Bertz CT molecular complexity index is 533. The average molecular weight is 298 g/mol. The van der Waals surface area contributed by atoms with Crippen molar-refractivity contribution in [2.24, 2.45) is 5.84 Å². The van der Waals surface area contributed by atoms with Crippen LogP contribution in [-0.2, 0) is 25.5 Å². The summed E-state index contributed by atoms with van der Waals surface area (Å²) < 4.78 is 9.31. The number of benzene rings is 1. The van der Waals surface area contributed by atoms with E-state index in [9.17, 15) is 19.8 Å². The number of carbonyl (C=O) groups excluding carboxylic acids is 2. The third-order valence-electron chi connectivity index (χ3n) is 2.82. The van der Waals surface area contributed by atoms with Crippen LogP contribution in [0.3, 0.4) is 0 Å². The Balaban J connectivity index is 2.76. The highest BCUT2D eigenvalue weighted by molar-refractivity contribution is 5.80. The molecule has 0 bridgehead atoms. The monoisotopic (exact) mass is 298 g/mol. The predicted molar refractivity (Wildman–Crippen MR) is 71.9 cm³/mol. The summed E-state index contributed by atoms with van der Waals surface area (Å²) in [6.45, 7) is 2.17. The van der Waals surface area contributed by atoms with E-state index in [0.717, 1.165) is 0 Å². The lowest BCUT2D eigenvalue weighted by Crippen LogP contribution is -2.55. The first-order valence-electron chi connectivity index (χ1n) is 6.07. The molecule has 116 valence electrons. The zero-order valence-electron chi connectivity index (χ0n) is 11.8. The molecule has 8 nitrogen and oxygen atoms in total.